The first-order chi connectivity index (χ1) is 12.9. The molecule has 0 atom stereocenters. The summed E-state index contributed by atoms with van der Waals surface area (Å²) in [5.41, 5.74) is -1.23. The Morgan fingerprint density at radius 3 is 2.37 bits per heavy atom. The Morgan fingerprint density at radius 1 is 1.07 bits per heavy atom. The number of hydrogen-bond donors (Lipinski definition) is 0. The number of alkyl halides is 3. The number of benzene rings is 1. The second-order valence-corrected chi connectivity index (χ2v) is 5.99. The van der Waals surface area contributed by atoms with E-state index >= 15 is 0 Å². The predicted octanol–water partition coefficient (Wildman–Crippen LogP) is 2.86. The van der Waals surface area contributed by atoms with Gasteiger partial charge in [-0.2, -0.15) is 13.2 Å². The average Bonchev–Trinajstić information content (AvgIpc) is 2.68. The number of halogens is 3. The van der Waals surface area contributed by atoms with Crippen LogP contribution in [-0.2, 0) is 6.18 Å². The third kappa shape index (κ3) is 4.29. The smallest absolute Gasteiger partial charge is 0.417 e. The maximum Gasteiger partial charge on any atom is 0.417 e. The first-order valence-corrected chi connectivity index (χ1v) is 8.57. The molecule has 0 spiro atoms. The number of carbonyl (C=O) groups excluding carboxylic acids is 1. The molecule has 2 aromatic rings. The molecule has 1 saturated heterocycles. The van der Waals surface area contributed by atoms with Crippen molar-refractivity contribution in [1.29, 1.82) is 0 Å². The summed E-state index contributed by atoms with van der Waals surface area (Å²) < 4.78 is 44.7. The zero-order valence-corrected chi connectivity index (χ0v) is 14.7. The summed E-state index contributed by atoms with van der Waals surface area (Å²) in [5, 5.41) is 8.06. The Kier molecular flexibility index (Phi) is 5.48. The van der Waals surface area contributed by atoms with Gasteiger partial charge in [-0.25, -0.2) is 0 Å². The average molecular weight is 380 g/mol. The van der Waals surface area contributed by atoms with Crippen LogP contribution >= 0.6 is 0 Å². The molecule has 1 aliphatic rings. The van der Waals surface area contributed by atoms with Gasteiger partial charge in [0.1, 0.15) is 0 Å². The molecule has 0 radical (unpaired) electrons. The summed E-state index contributed by atoms with van der Waals surface area (Å²) in [6.07, 6.45) is -4.56. The molecule has 27 heavy (non-hydrogen) atoms. The quantitative estimate of drug-likeness (QED) is 0.816. The van der Waals surface area contributed by atoms with Crippen LogP contribution in [0.5, 0.6) is 5.88 Å². The van der Waals surface area contributed by atoms with Gasteiger partial charge < -0.3 is 14.5 Å². The van der Waals surface area contributed by atoms with E-state index in [1.807, 2.05) is 11.8 Å². The highest BCUT2D eigenvalue weighted by Crippen LogP contribution is 2.32. The fraction of sp³-hybridized carbons (Fsp3) is 0.389. The topological polar surface area (TPSA) is 58.6 Å². The summed E-state index contributed by atoms with van der Waals surface area (Å²) in [5.74, 6) is 0.459. The van der Waals surface area contributed by atoms with Gasteiger partial charge in [-0.1, -0.05) is 12.1 Å². The van der Waals surface area contributed by atoms with Crippen molar-refractivity contribution in [2.45, 2.75) is 13.1 Å². The number of amides is 1. The minimum Gasteiger partial charge on any atom is -0.477 e. The van der Waals surface area contributed by atoms with Gasteiger partial charge in [0.2, 0.25) is 5.88 Å². The number of piperazine rings is 1. The van der Waals surface area contributed by atoms with E-state index in [9.17, 15) is 18.0 Å². The number of hydrogen-bond acceptors (Lipinski definition) is 5. The molecule has 2 heterocycles. The third-order valence-corrected chi connectivity index (χ3v) is 4.27. The van der Waals surface area contributed by atoms with Crippen LogP contribution in [0.2, 0.25) is 0 Å². The summed E-state index contributed by atoms with van der Waals surface area (Å²) >= 11 is 0. The number of carbonyl (C=O) groups is 1. The predicted molar refractivity (Wildman–Crippen MR) is 92.8 cm³/mol. The van der Waals surface area contributed by atoms with E-state index in [-0.39, 0.29) is 5.56 Å². The van der Waals surface area contributed by atoms with E-state index in [0.717, 1.165) is 6.07 Å². The van der Waals surface area contributed by atoms with E-state index in [0.29, 0.717) is 44.5 Å². The van der Waals surface area contributed by atoms with E-state index in [2.05, 4.69) is 10.2 Å². The monoisotopic (exact) mass is 380 g/mol. The number of ether oxygens (including phenoxy) is 1. The van der Waals surface area contributed by atoms with Gasteiger partial charge in [-0.15, -0.1) is 10.2 Å². The third-order valence-electron chi connectivity index (χ3n) is 4.27. The standard InChI is InChI=1S/C18H19F3N4O2/c1-2-27-16-8-7-15(22-23-16)24-9-11-25(12-10-24)17(26)13-5-3-4-6-14(13)18(19,20)21/h3-8H,2,9-12H2,1H3. The van der Waals surface area contributed by atoms with Gasteiger partial charge in [0.05, 0.1) is 17.7 Å². The first kappa shape index (κ1) is 18.9. The Bertz CT molecular complexity index is 788. The molecule has 1 aliphatic heterocycles. The second kappa shape index (κ2) is 7.81. The number of rotatable bonds is 4. The highest BCUT2D eigenvalue weighted by Gasteiger charge is 2.36. The first-order valence-electron chi connectivity index (χ1n) is 8.57. The fourth-order valence-electron chi connectivity index (χ4n) is 2.93. The number of aromatic nitrogens is 2. The summed E-state index contributed by atoms with van der Waals surface area (Å²) in [7, 11) is 0. The molecule has 0 saturated carbocycles. The molecule has 1 amide bonds. The molecular weight excluding hydrogens is 361 g/mol. The molecular formula is C18H19F3N4O2. The van der Waals surface area contributed by atoms with Crippen molar-refractivity contribution in [3.05, 3.63) is 47.5 Å². The lowest BCUT2D eigenvalue weighted by atomic mass is 10.1. The van der Waals surface area contributed by atoms with E-state index in [1.165, 1.54) is 23.1 Å². The van der Waals surface area contributed by atoms with Crippen molar-refractivity contribution in [2.24, 2.45) is 0 Å². The van der Waals surface area contributed by atoms with Gasteiger partial charge in [0.25, 0.3) is 5.91 Å². The minimum absolute atomic E-state index is 0.305. The molecule has 0 unspecified atom stereocenters. The molecule has 1 fully saturated rings. The van der Waals surface area contributed by atoms with Crippen LogP contribution in [0.25, 0.3) is 0 Å². The van der Waals surface area contributed by atoms with E-state index in [4.69, 9.17) is 4.74 Å². The molecule has 6 nitrogen and oxygen atoms in total. The van der Waals surface area contributed by atoms with Crippen LogP contribution in [0, 0.1) is 0 Å². The van der Waals surface area contributed by atoms with Crippen LogP contribution in [0.1, 0.15) is 22.8 Å². The number of anilines is 1. The van der Waals surface area contributed by atoms with E-state index < -0.39 is 17.6 Å². The highest BCUT2D eigenvalue weighted by molar-refractivity contribution is 5.96. The highest BCUT2D eigenvalue weighted by atomic mass is 19.4. The zero-order valence-electron chi connectivity index (χ0n) is 14.7. The maximum absolute atomic E-state index is 13.1. The van der Waals surface area contributed by atoms with Crippen molar-refractivity contribution in [2.75, 3.05) is 37.7 Å². The van der Waals surface area contributed by atoms with Crippen molar-refractivity contribution < 1.29 is 22.7 Å². The van der Waals surface area contributed by atoms with Gasteiger partial charge in [-0.05, 0) is 25.1 Å². The lowest BCUT2D eigenvalue weighted by Crippen LogP contribution is -2.49. The molecule has 144 valence electrons. The molecule has 3 rings (SSSR count). The molecule has 1 aromatic carbocycles. The Morgan fingerprint density at radius 2 is 1.78 bits per heavy atom. The number of nitrogens with zero attached hydrogens (tertiary/aromatic N) is 4. The van der Waals surface area contributed by atoms with Crippen LogP contribution in [-0.4, -0.2) is 53.8 Å². The molecule has 9 heteroatoms. The summed E-state index contributed by atoms with van der Waals surface area (Å²) in [6, 6.07) is 8.35. The largest absolute Gasteiger partial charge is 0.477 e. The lowest BCUT2D eigenvalue weighted by molar-refractivity contribution is -0.138. The van der Waals surface area contributed by atoms with Gasteiger partial charge in [0, 0.05) is 32.2 Å². The Balaban J connectivity index is 1.66. The summed E-state index contributed by atoms with van der Waals surface area (Å²) in [4.78, 5) is 16.0. The summed E-state index contributed by atoms with van der Waals surface area (Å²) in [6.45, 7) is 3.88. The molecule has 0 N–H and O–H groups in total. The van der Waals surface area contributed by atoms with Crippen LogP contribution < -0.4 is 9.64 Å². The van der Waals surface area contributed by atoms with Gasteiger partial charge >= 0.3 is 6.18 Å². The normalized spacial score (nSPS) is 15.0. The van der Waals surface area contributed by atoms with Crippen molar-refractivity contribution >= 4 is 11.7 Å². The fourth-order valence-corrected chi connectivity index (χ4v) is 2.93. The van der Waals surface area contributed by atoms with Crippen LogP contribution in [0.4, 0.5) is 19.0 Å². The minimum atomic E-state index is -4.56. The molecule has 0 aliphatic carbocycles. The maximum atomic E-state index is 13.1. The van der Waals surface area contributed by atoms with Crippen LogP contribution in [0.15, 0.2) is 36.4 Å². The lowest BCUT2D eigenvalue weighted by Gasteiger charge is -2.35. The Labute approximate surface area is 154 Å². The van der Waals surface area contributed by atoms with Crippen molar-refractivity contribution in [3.8, 4) is 5.88 Å². The van der Waals surface area contributed by atoms with E-state index in [1.54, 1.807) is 12.1 Å². The second-order valence-electron chi connectivity index (χ2n) is 5.99. The zero-order chi connectivity index (χ0) is 19.4. The molecule has 1 aromatic heterocycles. The Hall–Kier alpha value is -2.84. The van der Waals surface area contributed by atoms with Gasteiger partial charge in [-0.3, -0.25) is 4.79 Å². The SMILES string of the molecule is CCOc1ccc(N2CCN(C(=O)c3ccccc3C(F)(F)F)CC2)nn1. The van der Waals surface area contributed by atoms with Crippen molar-refractivity contribution in [3.63, 3.8) is 0 Å². The van der Waals surface area contributed by atoms with Crippen LogP contribution in [0.3, 0.4) is 0 Å². The van der Waals surface area contributed by atoms with Crippen molar-refractivity contribution in [1.82, 2.24) is 15.1 Å². The molecule has 0 bridgehead atoms. The van der Waals surface area contributed by atoms with Gasteiger partial charge in [0.15, 0.2) is 5.82 Å².